The van der Waals surface area contributed by atoms with Crippen molar-refractivity contribution in [2.24, 2.45) is 51.0 Å². The molecule has 0 atom stereocenters. The van der Waals surface area contributed by atoms with Crippen LogP contribution in [0.2, 0.25) is 0 Å². The Bertz CT molecular complexity index is 1330. The van der Waals surface area contributed by atoms with E-state index in [2.05, 4.69) is 61.0 Å². The third kappa shape index (κ3) is 11.6. The van der Waals surface area contributed by atoms with Gasteiger partial charge in [0.25, 0.3) is 0 Å². The van der Waals surface area contributed by atoms with Crippen molar-refractivity contribution in [1.82, 2.24) is 9.97 Å². The zero-order valence-corrected chi connectivity index (χ0v) is 24.1. The largest absolute Gasteiger partial charge is 0.255 e. The molecular formula is C28H34N12. The maximum absolute atomic E-state index is 4.25. The van der Waals surface area contributed by atoms with Crippen LogP contribution in [0, 0.1) is 0 Å². The van der Waals surface area contributed by atoms with Gasteiger partial charge >= 0.3 is 0 Å². The summed E-state index contributed by atoms with van der Waals surface area (Å²) in [5, 5.41) is 41.8. The first-order valence-corrected chi connectivity index (χ1v) is 12.4. The third-order valence-corrected chi connectivity index (χ3v) is 5.32. The van der Waals surface area contributed by atoms with Crippen LogP contribution in [-0.4, -0.2) is 68.1 Å². The average molecular weight is 539 g/mol. The lowest BCUT2D eigenvalue weighted by atomic mass is 10.3. The van der Waals surface area contributed by atoms with Gasteiger partial charge in [-0.3, -0.25) is 9.97 Å². The van der Waals surface area contributed by atoms with E-state index in [9.17, 15) is 0 Å². The Morgan fingerprint density at radius 3 is 0.950 bits per heavy atom. The first-order valence-electron chi connectivity index (χ1n) is 12.4. The molecule has 0 radical (unpaired) electrons. The van der Waals surface area contributed by atoms with Gasteiger partial charge in [0.05, 0.1) is 69.5 Å². The molecule has 40 heavy (non-hydrogen) atoms. The lowest BCUT2D eigenvalue weighted by Gasteiger charge is -1.99. The molecule has 2 heterocycles. The molecule has 0 saturated carbocycles. The van der Waals surface area contributed by atoms with Crippen LogP contribution in [0.5, 0.6) is 0 Å². The fourth-order valence-corrected chi connectivity index (χ4v) is 2.28. The zero-order chi connectivity index (χ0) is 29.3. The predicted molar refractivity (Wildman–Crippen MR) is 169 cm³/mol. The van der Waals surface area contributed by atoms with E-state index in [1.54, 1.807) is 52.5 Å². The van der Waals surface area contributed by atoms with Gasteiger partial charge in [0.2, 0.25) is 0 Å². The summed E-state index contributed by atoms with van der Waals surface area (Å²) < 4.78 is 0. The van der Waals surface area contributed by atoms with Crippen LogP contribution >= 0.6 is 0 Å². The van der Waals surface area contributed by atoms with Gasteiger partial charge in [-0.2, -0.15) is 51.0 Å². The molecule has 206 valence electrons. The van der Waals surface area contributed by atoms with Crippen LogP contribution in [0.1, 0.15) is 66.8 Å². The van der Waals surface area contributed by atoms with E-state index in [0.29, 0.717) is 45.7 Å². The molecule has 2 aromatic heterocycles. The highest BCUT2D eigenvalue weighted by Crippen LogP contribution is 1.96. The van der Waals surface area contributed by atoms with Gasteiger partial charge in [-0.15, -0.1) is 0 Å². The molecule has 0 spiro atoms. The van der Waals surface area contributed by atoms with Gasteiger partial charge < -0.3 is 0 Å². The molecule has 12 nitrogen and oxygen atoms in total. The molecule has 0 aliphatic heterocycles. The Labute approximate surface area is 234 Å². The summed E-state index contributed by atoms with van der Waals surface area (Å²) >= 11 is 0. The fourth-order valence-electron chi connectivity index (χ4n) is 2.28. The Balaban J connectivity index is 2.01. The van der Waals surface area contributed by atoms with Gasteiger partial charge in [0.15, 0.2) is 0 Å². The third-order valence-electron chi connectivity index (χ3n) is 5.32. The molecular weight excluding hydrogens is 504 g/mol. The number of hydrogen-bond donors (Lipinski definition) is 0. The van der Waals surface area contributed by atoms with Crippen LogP contribution in [-0.2, 0) is 0 Å². The maximum atomic E-state index is 4.25. The Morgan fingerprint density at radius 2 is 0.700 bits per heavy atom. The Hall–Kier alpha value is -5.00. The summed E-state index contributed by atoms with van der Waals surface area (Å²) in [6, 6.07) is 11.1. The van der Waals surface area contributed by atoms with Crippen molar-refractivity contribution in [3.8, 4) is 0 Å². The molecule has 0 fully saturated rings. The SMILES string of the molecule is CC(=N/N=C(C)/C(C)=N\N=C(C)\C(C)=N\N=C\c1ccccn1)/C(C)=N/N=C(C)\C(C)=N\N=C\c1ccccn1. The van der Waals surface area contributed by atoms with Crippen molar-refractivity contribution < 1.29 is 0 Å². The summed E-state index contributed by atoms with van der Waals surface area (Å²) in [7, 11) is 0. The minimum atomic E-state index is 0.611. The van der Waals surface area contributed by atoms with E-state index in [1.807, 2.05) is 64.1 Å². The summed E-state index contributed by atoms with van der Waals surface area (Å²) in [5.74, 6) is 0. The average Bonchev–Trinajstić information content (AvgIpc) is 2.97. The van der Waals surface area contributed by atoms with Gasteiger partial charge in [-0.1, -0.05) is 12.1 Å². The lowest BCUT2D eigenvalue weighted by Crippen LogP contribution is -2.10. The smallest absolute Gasteiger partial charge is 0.0831 e. The van der Waals surface area contributed by atoms with E-state index in [4.69, 9.17) is 0 Å². The maximum Gasteiger partial charge on any atom is 0.0831 e. The molecule has 2 rings (SSSR count). The quantitative estimate of drug-likeness (QED) is 0.283. The van der Waals surface area contributed by atoms with Gasteiger partial charge in [0.1, 0.15) is 0 Å². The molecule has 0 aliphatic carbocycles. The van der Waals surface area contributed by atoms with Crippen molar-refractivity contribution in [2.45, 2.75) is 55.4 Å². The zero-order valence-electron chi connectivity index (χ0n) is 24.1. The minimum Gasteiger partial charge on any atom is -0.255 e. The highest BCUT2D eigenvalue weighted by Gasteiger charge is 2.02. The molecule has 0 aromatic carbocycles. The second-order valence-electron chi connectivity index (χ2n) is 8.48. The topological polar surface area (TPSA) is 149 Å². The molecule has 0 amide bonds. The summed E-state index contributed by atoms with van der Waals surface area (Å²) in [5.41, 5.74) is 6.41. The van der Waals surface area contributed by atoms with E-state index >= 15 is 0 Å². The van der Waals surface area contributed by atoms with Crippen molar-refractivity contribution in [1.29, 1.82) is 0 Å². The highest BCUT2D eigenvalue weighted by atomic mass is 15.3. The van der Waals surface area contributed by atoms with Crippen molar-refractivity contribution in [3.05, 3.63) is 60.2 Å². The second-order valence-corrected chi connectivity index (χ2v) is 8.48. The first-order chi connectivity index (χ1) is 19.2. The van der Waals surface area contributed by atoms with Crippen molar-refractivity contribution >= 4 is 58.1 Å². The molecule has 0 bridgehead atoms. The molecule has 2 aromatic rings. The van der Waals surface area contributed by atoms with E-state index in [0.717, 1.165) is 11.4 Å². The molecule has 0 N–H and O–H groups in total. The van der Waals surface area contributed by atoms with E-state index < -0.39 is 0 Å². The Morgan fingerprint density at radius 1 is 0.425 bits per heavy atom. The fraction of sp³-hybridized carbons (Fsp3) is 0.286. The van der Waals surface area contributed by atoms with Gasteiger partial charge in [0, 0.05) is 12.4 Å². The molecule has 0 aliphatic rings. The van der Waals surface area contributed by atoms with E-state index in [-0.39, 0.29) is 0 Å². The summed E-state index contributed by atoms with van der Waals surface area (Å²) in [6.45, 7) is 14.5. The van der Waals surface area contributed by atoms with Crippen LogP contribution in [0.4, 0.5) is 0 Å². The number of hydrogen-bond acceptors (Lipinski definition) is 12. The monoisotopic (exact) mass is 538 g/mol. The summed E-state index contributed by atoms with van der Waals surface area (Å²) in [4.78, 5) is 8.33. The van der Waals surface area contributed by atoms with Gasteiger partial charge in [-0.05, 0) is 79.7 Å². The normalized spacial score (nSPS) is 15.5. The summed E-state index contributed by atoms with van der Waals surface area (Å²) in [6.07, 6.45) is 6.55. The second kappa shape index (κ2) is 16.8. The van der Waals surface area contributed by atoms with Crippen molar-refractivity contribution in [3.63, 3.8) is 0 Å². The number of aromatic nitrogens is 2. The minimum absolute atomic E-state index is 0.611. The van der Waals surface area contributed by atoms with Gasteiger partial charge in [-0.25, -0.2) is 0 Å². The number of rotatable bonds is 11. The lowest BCUT2D eigenvalue weighted by molar-refractivity contribution is 1.19. The van der Waals surface area contributed by atoms with Crippen LogP contribution in [0.15, 0.2) is 99.8 Å². The van der Waals surface area contributed by atoms with E-state index in [1.165, 1.54) is 0 Å². The Kier molecular flexibility index (Phi) is 13.1. The van der Waals surface area contributed by atoms with Crippen LogP contribution in [0.3, 0.4) is 0 Å². The first kappa shape index (κ1) is 31.2. The molecule has 0 saturated heterocycles. The highest BCUT2D eigenvalue weighted by molar-refractivity contribution is 6.44. The number of nitrogens with zero attached hydrogens (tertiary/aromatic N) is 12. The molecule has 12 heteroatoms. The van der Waals surface area contributed by atoms with Crippen LogP contribution < -0.4 is 0 Å². The standard InChI is InChI=1S/C28H34N12/c1-19(33-31-17-27-13-9-11-15-29-27)21(3)35-37-23(5)25(7)39-40-26(8)24(6)38-36-22(4)20(2)34-32-18-28-14-10-12-16-30-28/h9-18H,1-8H3/b31-17+,32-18+,33-19+,34-20+,35-21-,36-22+,37-23+,38-24-,39-25-,40-26+. The molecule has 0 unspecified atom stereocenters. The van der Waals surface area contributed by atoms with Crippen LogP contribution in [0.25, 0.3) is 0 Å². The number of pyridine rings is 2. The van der Waals surface area contributed by atoms with Crippen molar-refractivity contribution in [2.75, 3.05) is 0 Å². The predicted octanol–water partition coefficient (Wildman–Crippen LogP) is 5.28.